The largest absolute Gasteiger partial charge is 0.432 e. The summed E-state index contributed by atoms with van der Waals surface area (Å²) in [7, 11) is -2.76. The Morgan fingerprint density at radius 3 is 2.64 bits per heavy atom. The van der Waals surface area contributed by atoms with Crippen LogP contribution in [0.2, 0.25) is 23.7 Å². The van der Waals surface area contributed by atoms with Gasteiger partial charge >= 0.3 is 0 Å². The molecule has 1 aromatic heterocycles. The number of aliphatic hydroxyl groups excluding tert-OH is 1. The predicted octanol–water partition coefficient (Wildman–Crippen LogP) is 4.03. The van der Waals surface area contributed by atoms with E-state index in [9.17, 15) is 9.59 Å². The van der Waals surface area contributed by atoms with Gasteiger partial charge in [0.25, 0.3) is 5.91 Å². The normalized spacial score (nSPS) is 25.7. The van der Waals surface area contributed by atoms with Crippen LogP contribution >= 0.6 is 11.6 Å². The van der Waals surface area contributed by atoms with E-state index < -0.39 is 13.9 Å². The molecule has 2 aliphatic heterocycles. The number of nitrogens with zero attached hydrogens (tertiary/aromatic N) is 4. The van der Waals surface area contributed by atoms with Crippen molar-refractivity contribution in [1.29, 1.82) is 0 Å². The van der Waals surface area contributed by atoms with Crippen molar-refractivity contribution in [2.75, 3.05) is 11.5 Å². The number of rotatable bonds is 7. The molecule has 1 amide bonds. The Labute approximate surface area is 216 Å². The van der Waals surface area contributed by atoms with Gasteiger partial charge in [0.05, 0.1) is 17.5 Å². The SMILES string of the molecule is C[C@H]1[C@H]([Si](C)(C)O)[C@@H](CCn2cc(CCO)nn2)O[C@]12C(=O)N(c1ccccc1)c1ccc(Cl)cc12. The molecule has 4 atom stereocenters. The zero-order valence-electron chi connectivity index (χ0n) is 20.6. The summed E-state index contributed by atoms with van der Waals surface area (Å²) < 4.78 is 8.53. The molecule has 5 rings (SSSR count). The highest BCUT2D eigenvalue weighted by molar-refractivity contribution is 6.71. The molecule has 190 valence electrons. The molecule has 1 fully saturated rings. The highest BCUT2D eigenvalue weighted by Crippen LogP contribution is 2.60. The minimum Gasteiger partial charge on any atom is -0.432 e. The molecule has 2 aromatic carbocycles. The fourth-order valence-corrected chi connectivity index (χ4v) is 8.79. The number of aliphatic hydroxyl groups is 1. The van der Waals surface area contributed by atoms with Gasteiger partial charge in [0.1, 0.15) is 0 Å². The van der Waals surface area contributed by atoms with E-state index in [0.29, 0.717) is 24.4 Å². The lowest BCUT2D eigenvalue weighted by molar-refractivity contribution is -0.145. The molecule has 3 aromatic rings. The van der Waals surface area contributed by atoms with E-state index >= 15 is 0 Å². The summed E-state index contributed by atoms with van der Waals surface area (Å²) in [4.78, 5) is 27.4. The summed E-state index contributed by atoms with van der Waals surface area (Å²) in [6.45, 7) is 6.36. The molecule has 10 heteroatoms. The molecule has 1 saturated heterocycles. The molecule has 2 N–H and O–H groups in total. The van der Waals surface area contributed by atoms with Gasteiger partial charge in [-0.25, -0.2) is 0 Å². The van der Waals surface area contributed by atoms with Crippen molar-refractivity contribution in [3.8, 4) is 0 Å². The van der Waals surface area contributed by atoms with Gasteiger partial charge in [0.15, 0.2) is 13.9 Å². The van der Waals surface area contributed by atoms with Gasteiger partial charge in [-0.1, -0.05) is 41.9 Å². The van der Waals surface area contributed by atoms with Gasteiger partial charge in [-0.05, 0) is 49.8 Å². The third-order valence-electron chi connectivity index (χ3n) is 7.47. The van der Waals surface area contributed by atoms with Crippen LogP contribution in [0.3, 0.4) is 0 Å². The number of anilines is 2. The van der Waals surface area contributed by atoms with Gasteiger partial charge in [-0.2, -0.15) is 0 Å². The van der Waals surface area contributed by atoms with Crippen molar-refractivity contribution in [1.82, 2.24) is 15.0 Å². The molecule has 0 radical (unpaired) electrons. The summed E-state index contributed by atoms with van der Waals surface area (Å²) in [5.41, 5.74) is 1.54. The molecule has 0 bridgehead atoms. The molecule has 36 heavy (non-hydrogen) atoms. The molecule has 8 nitrogen and oxygen atoms in total. The van der Waals surface area contributed by atoms with Crippen molar-refractivity contribution < 1.29 is 19.4 Å². The van der Waals surface area contributed by atoms with Crippen molar-refractivity contribution in [2.45, 2.75) is 56.7 Å². The first kappa shape index (κ1) is 25.1. The van der Waals surface area contributed by atoms with E-state index in [1.165, 1.54) is 0 Å². The average Bonchev–Trinajstić information content (AvgIpc) is 3.47. The van der Waals surface area contributed by atoms with Gasteiger partial charge in [-0.15, -0.1) is 5.10 Å². The first-order chi connectivity index (χ1) is 17.2. The van der Waals surface area contributed by atoms with Gasteiger partial charge in [-0.3, -0.25) is 14.4 Å². The predicted molar refractivity (Wildman–Crippen MR) is 140 cm³/mol. The Balaban J connectivity index is 1.54. The third kappa shape index (κ3) is 4.08. The molecule has 3 heterocycles. The van der Waals surface area contributed by atoms with Crippen LogP contribution in [0.5, 0.6) is 0 Å². The Morgan fingerprint density at radius 2 is 1.94 bits per heavy atom. The third-order valence-corrected chi connectivity index (χ3v) is 10.2. The summed E-state index contributed by atoms with van der Waals surface area (Å²) in [5.74, 6) is -0.427. The fourth-order valence-electron chi connectivity index (χ4n) is 6.01. The molecule has 1 spiro atoms. The lowest BCUT2D eigenvalue weighted by atomic mass is 9.82. The minimum absolute atomic E-state index is 0.0127. The van der Waals surface area contributed by atoms with Gasteiger partial charge < -0.3 is 14.6 Å². The maximum Gasteiger partial charge on any atom is 0.268 e. The molecule has 0 saturated carbocycles. The van der Waals surface area contributed by atoms with Crippen molar-refractivity contribution in [3.63, 3.8) is 0 Å². The number of aryl methyl sites for hydroxylation is 1. The Morgan fingerprint density at radius 1 is 1.19 bits per heavy atom. The number of benzene rings is 2. The number of amides is 1. The molecule has 0 aliphatic carbocycles. The van der Waals surface area contributed by atoms with Crippen LogP contribution < -0.4 is 4.90 Å². The van der Waals surface area contributed by atoms with Crippen LogP contribution in [0.15, 0.2) is 54.7 Å². The van der Waals surface area contributed by atoms with Crippen LogP contribution in [-0.2, 0) is 28.1 Å². The number of fused-ring (bicyclic) bond motifs is 2. The monoisotopic (exact) mass is 526 g/mol. The number of carbonyl (C=O) groups excluding carboxylic acids is 1. The van der Waals surface area contributed by atoms with Crippen LogP contribution in [0.1, 0.15) is 24.6 Å². The van der Waals surface area contributed by atoms with Gasteiger partial charge in [0.2, 0.25) is 0 Å². The summed E-state index contributed by atoms with van der Waals surface area (Å²) in [6.07, 6.45) is 2.46. The number of para-hydroxylation sites is 1. The number of hydrogen-bond donors (Lipinski definition) is 2. The fraction of sp³-hybridized carbons (Fsp3) is 0.423. The second-order valence-corrected chi connectivity index (χ2v) is 14.6. The van der Waals surface area contributed by atoms with Crippen molar-refractivity contribution in [3.05, 3.63) is 71.0 Å². The van der Waals surface area contributed by atoms with E-state index in [1.807, 2.05) is 68.7 Å². The summed E-state index contributed by atoms with van der Waals surface area (Å²) in [6, 6.07) is 15.0. The Bertz CT molecular complexity index is 1260. The summed E-state index contributed by atoms with van der Waals surface area (Å²) >= 11 is 6.44. The highest BCUT2D eigenvalue weighted by Gasteiger charge is 2.66. The molecule has 2 aliphatic rings. The minimum atomic E-state index is -2.76. The van der Waals surface area contributed by atoms with Crippen LogP contribution in [0.4, 0.5) is 11.4 Å². The Kier molecular flexibility index (Phi) is 6.55. The lowest BCUT2D eigenvalue weighted by Crippen LogP contribution is -2.45. The zero-order valence-corrected chi connectivity index (χ0v) is 22.4. The molecule has 0 unspecified atom stereocenters. The van der Waals surface area contributed by atoms with Crippen LogP contribution in [-0.4, -0.2) is 51.8 Å². The highest BCUT2D eigenvalue weighted by atomic mass is 35.5. The first-order valence-electron chi connectivity index (χ1n) is 12.3. The number of aromatic nitrogens is 3. The van der Waals surface area contributed by atoms with E-state index in [4.69, 9.17) is 21.4 Å². The quantitative estimate of drug-likeness (QED) is 0.451. The summed E-state index contributed by atoms with van der Waals surface area (Å²) in [5, 5.41) is 18.0. The van der Waals surface area contributed by atoms with Crippen LogP contribution in [0, 0.1) is 5.92 Å². The first-order valence-corrected chi connectivity index (χ1v) is 15.7. The second-order valence-electron chi connectivity index (χ2n) is 10.2. The second kappa shape index (κ2) is 9.39. The maximum atomic E-state index is 14.3. The zero-order chi connectivity index (χ0) is 25.7. The molecular formula is C26H31ClN4O4Si. The number of carbonyl (C=O) groups is 1. The number of ether oxygens (including phenoxy) is 1. The topological polar surface area (TPSA) is 101 Å². The van der Waals surface area contributed by atoms with Gasteiger partial charge in [0, 0.05) is 53.5 Å². The van der Waals surface area contributed by atoms with E-state index in [1.54, 1.807) is 15.6 Å². The van der Waals surface area contributed by atoms with Crippen LogP contribution in [0.25, 0.3) is 0 Å². The standard InChI is InChI=1S/C26H31ClN4O4Si/c1-17-24(36(2,3)34)23(11-13-30-16-19(12-14-32)28-29-30)35-26(17)21-15-18(27)9-10-22(21)31(25(26)33)20-7-5-4-6-8-20/h4-10,15-17,23-24,32,34H,11-14H2,1-3H3/t17-,23+,24-,26+/m0/s1. The maximum absolute atomic E-state index is 14.3. The smallest absolute Gasteiger partial charge is 0.268 e. The molecular weight excluding hydrogens is 496 g/mol. The Hall–Kier alpha value is -2.56. The number of halogens is 1. The van der Waals surface area contributed by atoms with Crippen molar-refractivity contribution >= 4 is 37.2 Å². The van der Waals surface area contributed by atoms with E-state index in [-0.39, 0.29) is 30.1 Å². The van der Waals surface area contributed by atoms with Crippen molar-refractivity contribution in [2.24, 2.45) is 5.92 Å². The number of hydrogen-bond acceptors (Lipinski definition) is 6. The average molecular weight is 527 g/mol. The lowest BCUT2D eigenvalue weighted by Gasteiger charge is -2.32. The van der Waals surface area contributed by atoms with E-state index in [0.717, 1.165) is 22.6 Å². The van der Waals surface area contributed by atoms with E-state index in [2.05, 4.69) is 10.3 Å².